The Kier molecular flexibility index (Phi) is 2.77. The quantitative estimate of drug-likeness (QED) is 0.844. The molecular weight excluding hydrogens is 258 g/mol. The molecule has 1 aliphatic rings. The molecule has 0 aliphatic carbocycles. The Morgan fingerprint density at radius 2 is 2.07 bits per heavy atom. The first-order valence-electron chi connectivity index (χ1n) is 5.15. The second-order valence-corrected chi connectivity index (χ2v) is 5.25. The van der Waals surface area contributed by atoms with Gasteiger partial charge >= 0.3 is 0 Å². The lowest BCUT2D eigenvalue weighted by Gasteiger charge is -2.36. The van der Waals surface area contributed by atoms with Crippen molar-refractivity contribution in [1.29, 1.82) is 0 Å². The molecule has 0 amide bonds. The smallest absolute Gasteiger partial charge is 0.130 e. The topological polar surface area (TPSA) is 41.3 Å². The van der Waals surface area contributed by atoms with E-state index in [0.717, 1.165) is 36.4 Å². The van der Waals surface area contributed by atoms with E-state index in [1.165, 1.54) is 0 Å². The second kappa shape index (κ2) is 3.79. The van der Waals surface area contributed by atoms with Crippen molar-refractivity contribution in [3.05, 3.63) is 10.7 Å². The van der Waals surface area contributed by atoms with Crippen LogP contribution in [0.25, 0.3) is 0 Å². The van der Waals surface area contributed by atoms with Gasteiger partial charge in [0.05, 0.1) is 5.60 Å². The normalized spacial score (nSPS) is 20.7. The Balaban J connectivity index is 2.11. The van der Waals surface area contributed by atoms with Gasteiger partial charge in [0, 0.05) is 26.2 Å². The molecule has 0 aromatic carbocycles. The molecule has 0 bridgehead atoms. The number of rotatable bonds is 1. The van der Waals surface area contributed by atoms with Crippen LogP contribution in [-0.2, 0) is 7.05 Å². The molecule has 4 nitrogen and oxygen atoms in total. The van der Waals surface area contributed by atoms with E-state index in [1.807, 2.05) is 24.7 Å². The molecule has 2 heterocycles. The maximum atomic E-state index is 9.86. The Morgan fingerprint density at radius 1 is 1.47 bits per heavy atom. The summed E-state index contributed by atoms with van der Waals surface area (Å²) < 4.78 is 2.72. The lowest BCUT2D eigenvalue weighted by atomic mass is 9.94. The number of hydrogen-bond donors (Lipinski definition) is 1. The number of nitrogens with zero attached hydrogens (tertiary/aromatic N) is 3. The number of anilines is 1. The van der Waals surface area contributed by atoms with Crippen molar-refractivity contribution in [2.45, 2.75) is 25.4 Å². The van der Waals surface area contributed by atoms with Crippen molar-refractivity contribution in [2.24, 2.45) is 7.05 Å². The molecule has 1 fully saturated rings. The molecule has 1 saturated heterocycles. The van der Waals surface area contributed by atoms with Crippen molar-refractivity contribution < 1.29 is 5.11 Å². The Morgan fingerprint density at radius 3 is 2.53 bits per heavy atom. The zero-order valence-corrected chi connectivity index (χ0v) is 10.7. The predicted octanol–water partition coefficient (Wildman–Crippen LogP) is 1.53. The van der Waals surface area contributed by atoms with E-state index in [0.29, 0.717) is 0 Å². The zero-order chi connectivity index (χ0) is 11.1. The lowest BCUT2D eigenvalue weighted by molar-refractivity contribution is 0.0349. The van der Waals surface area contributed by atoms with Crippen LogP contribution in [0, 0.1) is 0 Å². The Labute approximate surface area is 98.0 Å². The van der Waals surface area contributed by atoms with E-state index >= 15 is 0 Å². The van der Waals surface area contributed by atoms with Crippen molar-refractivity contribution in [2.75, 3.05) is 18.0 Å². The van der Waals surface area contributed by atoms with Gasteiger partial charge in [-0.3, -0.25) is 4.68 Å². The molecule has 0 radical (unpaired) electrons. The largest absolute Gasteiger partial charge is 0.390 e. The summed E-state index contributed by atoms with van der Waals surface area (Å²) in [6, 6.07) is 2.01. The van der Waals surface area contributed by atoms with Gasteiger partial charge in [-0.1, -0.05) is 0 Å². The molecule has 0 spiro atoms. The van der Waals surface area contributed by atoms with Gasteiger partial charge in [-0.25, -0.2) is 0 Å². The minimum atomic E-state index is -0.494. The molecule has 15 heavy (non-hydrogen) atoms. The van der Waals surface area contributed by atoms with Gasteiger partial charge in [-0.05, 0) is 35.7 Å². The van der Waals surface area contributed by atoms with E-state index < -0.39 is 5.60 Å². The fraction of sp³-hybridized carbons (Fsp3) is 0.700. The molecule has 1 aromatic rings. The van der Waals surface area contributed by atoms with Crippen LogP contribution in [0.5, 0.6) is 0 Å². The van der Waals surface area contributed by atoms with Gasteiger partial charge in [-0.15, -0.1) is 0 Å². The summed E-state index contributed by atoms with van der Waals surface area (Å²) in [7, 11) is 1.94. The molecule has 1 aromatic heterocycles. The molecule has 1 aliphatic heterocycles. The third-order valence-electron chi connectivity index (χ3n) is 2.99. The number of piperidine rings is 1. The predicted molar refractivity (Wildman–Crippen MR) is 63.0 cm³/mol. The molecule has 1 N–H and O–H groups in total. The summed E-state index contributed by atoms with van der Waals surface area (Å²) >= 11 is 3.36. The first kappa shape index (κ1) is 11.0. The summed E-state index contributed by atoms with van der Waals surface area (Å²) in [6.45, 7) is 3.68. The van der Waals surface area contributed by atoms with Gasteiger partial charge in [0.15, 0.2) is 0 Å². The summed E-state index contributed by atoms with van der Waals surface area (Å²) in [5, 5.41) is 14.1. The molecule has 0 unspecified atom stereocenters. The van der Waals surface area contributed by atoms with E-state index in [2.05, 4.69) is 25.9 Å². The van der Waals surface area contributed by atoms with E-state index in [1.54, 1.807) is 0 Å². The molecule has 2 rings (SSSR count). The van der Waals surface area contributed by atoms with Gasteiger partial charge in [0.2, 0.25) is 0 Å². The molecule has 0 saturated carbocycles. The number of hydrogen-bond acceptors (Lipinski definition) is 3. The van der Waals surface area contributed by atoms with Crippen molar-refractivity contribution in [3.8, 4) is 0 Å². The maximum Gasteiger partial charge on any atom is 0.130 e. The van der Waals surface area contributed by atoms with Crippen LogP contribution < -0.4 is 4.90 Å². The fourth-order valence-corrected chi connectivity index (χ4v) is 2.38. The standard InChI is InChI=1S/C10H16BrN3O/c1-10(15)3-5-14(6-4-10)9-7-8(11)12-13(9)2/h7,15H,3-6H2,1-2H3. The number of aliphatic hydroxyl groups is 1. The second-order valence-electron chi connectivity index (χ2n) is 4.43. The fourth-order valence-electron chi connectivity index (χ4n) is 1.94. The highest BCUT2D eigenvalue weighted by Crippen LogP contribution is 2.26. The van der Waals surface area contributed by atoms with Crippen LogP contribution in [0.3, 0.4) is 0 Å². The van der Waals surface area contributed by atoms with Crippen LogP contribution in [0.4, 0.5) is 5.82 Å². The average molecular weight is 274 g/mol. The van der Waals surface area contributed by atoms with Crippen molar-refractivity contribution >= 4 is 21.7 Å². The highest BCUT2D eigenvalue weighted by molar-refractivity contribution is 9.10. The van der Waals surface area contributed by atoms with Crippen molar-refractivity contribution in [3.63, 3.8) is 0 Å². The van der Waals surface area contributed by atoms with Crippen molar-refractivity contribution in [1.82, 2.24) is 9.78 Å². The highest BCUT2D eigenvalue weighted by atomic mass is 79.9. The van der Waals surface area contributed by atoms with Gasteiger partial charge in [-0.2, -0.15) is 5.10 Å². The Hall–Kier alpha value is -0.550. The first-order valence-corrected chi connectivity index (χ1v) is 5.94. The van der Waals surface area contributed by atoms with Crippen LogP contribution in [0.2, 0.25) is 0 Å². The zero-order valence-electron chi connectivity index (χ0n) is 9.07. The average Bonchev–Trinajstić information content (AvgIpc) is 2.45. The lowest BCUT2D eigenvalue weighted by Crippen LogP contribution is -2.43. The number of aromatic nitrogens is 2. The minimum Gasteiger partial charge on any atom is -0.390 e. The summed E-state index contributed by atoms with van der Waals surface area (Å²) in [4.78, 5) is 2.26. The molecular formula is C10H16BrN3O. The SMILES string of the molecule is Cn1nc(Br)cc1N1CCC(C)(O)CC1. The number of aryl methyl sites for hydroxylation is 1. The first-order chi connectivity index (χ1) is 6.98. The maximum absolute atomic E-state index is 9.86. The highest BCUT2D eigenvalue weighted by Gasteiger charge is 2.28. The van der Waals surface area contributed by atoms with E-state index in [4.69, 9.17) is 0 Å². The summed E-state index contributed by atoms with van der Waals surface area (Å²) in [5.74, 6) is 1.11. The van der Waals surface area contributed by atoms with Crippen LogP contribution in [0.15, 0.2) is 10.7 Å². The van der Waals surface area contributed by atoms with Crippen LogP contribution in [-0.4, -0.2) is 33.6 Å². The third kappa shape index (κ3) is 2.34. The van der Waals surface area contributed by atoms with Gasteiger partial charge in [0.25, 0.3) is 0 Å². The molecule has 0 atom stereocenters. The summed E-state index contributed by atoms with van der Waals surface area (Å²) in [6.07, 6.45) is 1.63. The van der Waals surface area contributed by atoms with Crippen LogP contribution in [0.1, 0.15) is 19.8 Å². The van der Waals surface area contributed by atoms with E-state index in [9.17, 15) is 5.11 Å². The third-order valence-corrected chi connectivity index (χ3v) is 3.38. The van der Waals surface area contributed by atoms with Gasteiger partial charge in [0.1, 0.15) is 10.4 Å². The van der Waals surface area contributed by atoms with Crippen LogP contribution >= 0.6 is 15.9 Å². The summed E-state index contributed by atoms with van der Waals surface area (Å²) in [5.41, 5.74) is -0.494. The molecule has 84 valence electrons. The van der Waals surface area contributed by atoms with Gasteiger partial charge < -0.3 is 10.0 Å². The van der Waals surface area contributed by atoms with E-state index in [-0.39, 0.29) is 0 Å². The Bertz CT molecular complexity index is 352. The number of halogens is 1. The minimum absolute atomic E-state index is 0.494. The monoisotopic (exact) mass is 273 g/mol. The molecule has 5 heteroatoms.